The molecule has 0 aromatic carbocycles. The van der Waals surface area contributed by atoms with Crippen LogP contribution in [0.4, 0.5) is 5.82 Å². The van der Waals surface area contributed by atoms with E-state index in [1.54, 1.807) is 31.3 Å². The SMILES string of the molecule is COCC(C)N(C)C(=O)c1cc(Br)cnc1N. The fourth-order valence-electron chi connectivity index (χ4n) is 1.36. The molecule has 1 unspecified atom stereocenters. The van der Waals surface area contributed by atoms with Gasteiger partial charge in [0.1, 0.15) is 5.82 Å². The van der Waals surface area contributed by atoms with E-state index in [1.807, 2.05) is 6.92 Å². The number of ether oxygens (including phenoxy) is 1. The van der Waals surface area contributed by atoms with E-state index in [0.29, 0.717) is 12.2 Å². The Kier molecular flexibility index (Phi) is 4.89. The molecule has 1 heterocycles. The first kappa shape index (κ1) is 13.9. The number of nitrogens with two attached hydrogens (primary N) is 1. The molecule has 2 N–H and O–H groups in total. The van der Waals surface area contributed by atoms with Crippen LogP contribution in [0.25, 0.3) is 0 Å². The van der Waals surface area contributed by atoms with Gasteiger partial charge in [0.25, 0.3) is 5.91 Å². The van der Waals surface area contributed by atoms with Crippen LogP contribution in [-0.2, 0) is 4.74 Å². The smallest absolute Gasteiger partial charge is 0.257 e. The number of hydrogen-bond acceptors (Lipinski definition) is 4. The van der Waals surface area contributed by atoms with Gasteiger partial charge >= 0.3 is 0 Å². The minimum atomic E-state index is -0.166. The number of halogens is 1. The molecule has 0 fully saturated rings. The number of anilines is 1. The molecule has 17 heavy (non-hydrogen) atoms. The van der Waals surface area contributed by atoms with Crippen molar-refractivity contribution in [3.63, 3.8) is 0 Å². The molecule has 0 aliphatic carbocycles. The summed E-state index contributed by atoms with van der Waals surface area (Å²) in [4.78, 5) is 17.7. The number of carbonyl (C=O) groups is 1. The van der Waals surface area contributed by atoms with E-state index in [0.717, 1.165) is 4.47 Å². The summed E-state index contributed by atoms with van der Waals surface area (Å²) in [6.45, 7) is 2.38. The molecule has 0 spiro atoms. The number of nitrogens with zero attached hydrogens (tertiary/aromatic N) is 2. The third-order valence-corrected chi connectivity index (χ3v) is 2.94. The average molecular weight is 302 g/mol. The molecule has 94 valence electrons. The molecule has 5 nitrogen and oxygen atoms in total. The van der Waals surface area contributed by atoms with E-state index in [4.69, 9.17) is 10.5 Å². The topological polar surface area (TPSA) is 68.5 Å². The molecule has 0 bridgehead atoms. The van der Waals surface area contributed by atoms with Gasteiger partial charge in [0.05, 0.1) is 18.2 Å². The highest BCUT2D eigenvalue weighted by Gasteiger charge is 2.20. The average Bonchev–Trinajstić information content (AvgIpc) is 2.30. The van der Waals surface area contributed by atoms with Crippen LogP contribution in [0, 0.1) is 0 Å². The summed E-state index contributed by atoms with van der Waals surface area (Å²) in [5, 5.41) is 0. The Morgan fingerprint density at radius 1 is 1.71 bits per heavy atom. The molecule has 1 amide bonds. The van der Waals surface area contributed by atoms with Crippen molar-refractivity contribution < 1.29 is 9.53 Å². The van der Waals surface area contributed by atoms with Crippen LogP contribution in [0.2, 0.25) is 0 Å². The van der Waals surface area contributed by atoms with Crippen LogP contribution in [0.1, 0.15) is 17.3 Å². The minimum Gasteiger partial charge on any atom is -0.383 e. The zero-order valence-corrected chi connectivity index (χ0v) is 11.7. The predicted octanol–water partition coefficient (Wildman–Crippen LogP) is 1.53. The molecule has 0 aliphatic heterocycles. The number of rotatable bonds is 4. The number of pyridine rings is 1. The minimum absolute atomic E-state index is 0.0223. The van der Waals surface area contributed by atoms with Crippen molar-refractivity contribution in [3.05, 3.63) is 22.3 Å². The summed E-state index contributed by atoms with van der Waals surface area (Å²) in [6.07, 6.45) is 1.56. The first-order valence-corrected chi connectivity index (χ1v) is 5.93. The Bertz CT molecular complexity index is 412. The van der Waals surface area contributed by atoms with Gasteiger partial charge in [-0.25, -0.2) is 4.98 Å². The maximum absolute atomic E-state index is 12.2. The fraction of sp³-hybridized carbons (Fsp3) is 0.455. The van der Waals surface area contributed by atoms with Gasteiger partial charge in [0, 0.05) is 24.8 Å². The van der Waals surface area contributed by atoms with Crippen molar-refractivity contribution in [2.75, 3.05) is 26.5 Å². The molecular formula is C11H16BrN3O2. The lowest BCUT2D eigenvalue weighted by Crippen LogP contribution is -2.38. The van der Waals surface area contributed by atoms with Gasteiger partial charge in [-0.2, -0.15) is 0 Å². The zero-order valence-electron chi connectivity index (χ0n) is 10.1. The van der Waals surface area contributed by atoms with Crippen LogP contribution in [-0.4, -0.2) is 42.6 Å². The second kappa shape index (κ2) is 5.97. The highest BCUT2D eigenvalue weighted by molar-refractivity contribution is 9.10. The molecule has 6 heteroatoms. The van der Waals surface area contributed by atoms with Crippen LogP contribution in [0.15, 0.2) is 16.7 Å². The lowest BCUT2D eigenvalue weighted by atomic mass is 10.2. The molecule has 1 aromatic heterocycles. The van der Waals surface area contributed by atoms with E-state index in [-0.39, 0.29) is 17.8 Å². The van der Waals surface area contributed by atoms with Crippen molar-refractivity contribution in [2.24, 2.45) is 0 Å². The number of carbonyl (C=O) groups excluding carboxylic acids is 1. The lowest BCUT2D eigenvalue weighted by Gasteiger charge is -2.24. The van der Waals surface area contributed by atoms with Gasteiger partial charge in [-0.15, -0.1) is 0 Å². The second-order valence-electron chi connectivity index (χ2n) is 3.81. The Labute approximate surface area is 109 Å². The highest BCUT2D eigenvalue weighted by Crippen LogP contribution is 2.17. The molecular weight excluding hydrogens is 286 g/mol. The van der Waals surface area contributed by atoms with E-state index in [1.165, 1.54) is 0 Å². The number of methoxy groups -OCH3 is 1. The van der Waals surface area contributed by atoms with E-state index in [2.05, 4.69) is 20.9 Å². The van der Waals surface area contributed by atoms with Crippen molar-refractivity contribution in [2.45, 2.75) is 13.0 Å². The van der Waals surface area contributed by atoms with E-state index < -0.39 is 0 Å². The van der Waals surface area contributed by atoms with Crippen LogP contribution in [0.3, 0.4) is 0 Å². The summed E-state index contributed by atoms with van der Waals surface area (Å²) in [6, 6.07) is 1.65. The number of aromatic nitrogens is 1. The number of hydrogen-bond donors (Lipinski definition) is 1. The molecule has 0 aliphatic rings. The summed E-state index contributed by atoms with van der Waals surface area (Å²) < 4.78 is 5.74. The monoisotopic (exact) mass is 301 g/mol. The lowest BCUT2D eigenvalue weighted by molar-refractivity contribution is 0.0634. The van der Waals surface area contributed by atoms with Crippen LogP contribution in [0.5, 0.6) is 0 Å². The Morgan fingerprint density at radius 3 is 2.94 bits per heavy atom. The molecule has 1 aromatic rings. The van der Waals surface area contributed by atoms with Gasteiger partial charge in [-0.1, -0.05) is 0 Å². The standard InChI is InChI=1S/C11H16BrN3O2/c1-7(6-17-3)15(2)11(16)9-4-8(12)5-14-10(9)13/h4-5,7H,6H2,1-3H3,(H2,13,14). The summed E-state index contributed by atoms with van der Waals surface area (Å²) >= 11 is 3.27. The third kappa shape index (κ3) is 3.41. The summed E-state index contributed by atoms with van der Waals surface area (Å²) in [7, 11) is 3.32. The van der Waals surface area contributed by atoms with E-state index in [9.17, 15) is 4.79 Å². The quantitative estimate of drug-likeness (QED) is 0.916. The largest absolute Gasteiger partial charge is 0.383 e. The van der Waals surface area contributed by atoms with Gasteiger partial charge in [-0.05, 0) is 28.9 Å². The Morgan fingerprint density at radius 2 is 2.35 bits per heavy atom. The van der Waals surface area contributed by atoms with Gasteiger partial charge < -0.3 is 15.4 Å². The van der Waals surface area contributed by atoms with Crippen molar-refractivity contribution in [1.82, 2.24) is 9.88 Å². The first-order chi connectivity index (χ1) is 7.97. The van der Waals surface area contributed by atoms with Gasteiger partial charge in [-0.3, -0.25) is 4.79 Å². The molecule has 0 saturated carbocycles. The first-order valence-electron chi connectivity index (χ1n) is 5.14. The summed E-state index contributed by atoms with van der Waals surface area (Å²) in [5.41, 5.74) is 6.08. The van der Waals surface area contributed by atoms with Gasteiger partial charge in [0.15, 0.2) is 0 Å². The molecule has 1 atom stereocenters. The Balaban J connectivity index is 2.92. The van der Waals surface area contributed by atoms with Crippen molar-refractivity contribution in [3.8, 4) is 0 Å². The summed E-state index contributed by atoms with van der Waals surface area (Å²) in [5.74, 6) is 0.0653. The van der Waals surface area contributed by atoms with Crippen LogP contribution >= 0.6 is 15.9 Å². The maximum atomic E-state index is 12.2. The number of nitrogen functional groups attached to an aromatic ring is 1. The number of amides is 1. The number of likely N-dealkylation sites (N-methyl/N-ethyl adjacent to an activating group) is 1. The Hall–Kier alpha value is -1.14. The predicted molar refractivity (Wildman–Crippen MR) is 69.8 cm³/mol. The second-order valence-corrected chi connectivity index (χ2v) is 4.72. The fourth-order valence-corrected chi connectivity index (χ4v) is 1.70. The van der Waals surface area contributed by atoms with E-state index >= 15 is 0 Å². The molecule has 0 radical (unpaired) electrons. The molecule has 1 rings (SSSR count). The maximum Gasteiger partial charge on any atom is 0.257 e. The van der Waals surface area contributed by atoms with Crippen molar-refractivity contribution >= 4 is 27.7 Å². The zero-order chi connectivity index (χ0) is 13.0. The van der Waals surface area contributed by atoms with Crippen LogP contribution < -0.4 is 5.73 Å². The van der Waals surface area contributed by atoms with Gasteiger partial charge in [0.2, 0.25) is 0 Å². The highest BCUT2D eigenvalue weighted by atomic mass is 79.9. The normalized spacial score (nSPS) is 12.2. The molecule has 0 saturated heterocycles. The third-order valence-electron chi connectivity index (χ3n) is 2.50. The van der Waals surface area contributed by atoms with Crippen molar-refractivity contribution in [1.29, 1.82) is 0 Å².